The van der Waals surface area contributed by atoms with E-state index in [4.69, 9.17) is 14.6 Å². The van der Waals surface area contributed by atoms with E-state index < -0.39 is 18.9 Å². The van der Waals surface area contributed by atoms with Crippen LogP contribution in [0, 0.1) is 18.8 Å². The van der Waals surface area contributed by atoms with Crippen LogP contribution in [-0.2, 0) is 20.7 Å². The molecule has 0 bridgehead atoms. The Hall–Kier alpha value is -3.79. The lowest BCUT2D eigenvalue weighted by Crippen LogP contribution is -2.32. The monoisotopic (exact) mass is 570 g/mol. The zero-order valence-corrected chi connectivity index (χ0v) is 25.2. The summed E-state index contributed by atoms with van der Waals surface area (Å²) in [4.78, 5) is 40.7. The number of aliphatic hydroxyl groups is 1. The van der Waals surface area contributed by atoms with Crippen molar-refractivity contribution in [3.63, 3.8) is 0 Å². The summed E-state index contributed by atoms with van der Waals surface area (Å²) in [5, 5.41) is 14.8. The Bertz CT molecular complexity index is 1110. The van der Waals surface area contributed by atoms with E-state index in [1.54, 1.807) is 7.05 Å². The molecule has 0 saturated heterocycles. The van der Waals surface area contributed by atoms with Crippen LogP contribution < -0.4 is 15.5 Å². The fraction of sp³-hybridized carbons (Fsp3) is 0.516. The van der Waals surface area contributed by atoms with Gasteiger partial charge in [0.25, 0.3) is 0 Å². The third kappa shape index (κ3) is 12.5. The molecule has 3 N–H and O–H groups in total. The first-order valence-corrected chi connectivity index (χ1v) is 14.1. The second-order valence-electron chi connectivity index (χ2n) is 11.0. The molecule has 10 heteroatoms. The van der Waals surface area contributed by atoms with Crippen molar-refractivity contribution in [1.29, 1.82) is 0 Å². The summed E-state index contributed by atoms with van der Waals surface area (Å²) in [7, 11) is 1.54. The Kier molecular flexibility index (Phi) is 14.0. The summed E-state index contributed by atoms with van der Waals surface area (Å²) in [5.41, 5.74) is 4.21. The van der Waals surface area contributed by atoms with E-state index in [0.29, 0.717) is 42.6 Å². The number of urea groups is 1. The van der Waals surface area contributed by atoms with Gasteiger partial charge in [-0.3, -0.25) is 4.79 Å². The van der Waals surface area contributed by atoms with Crippen molar-refractivity contribution in [3.8, 4) is 0 Å². The van der Waals surface area contributed by atoms with Crippen LogP contribution in [0.15, 0.2) is 42.5 Å². The van der Waals surface area contributed by atoms with Crippen molar-refractivity contribution in [2.45, 2.75) is 53.9 Å². The molecule has 0 saturated carbocycles. The maximum absolute atomic E-state index is 13.0. The summed E-state index contributed by atoms with van der Waals surface area (Å²) in [6, 6.07) is 13.0. The molecule has 0 aliphatic rings. The van der Waals surface area contributed by atoms with Gasteiger partial charge in [-0.25, -0.2) is 9.59 Å². The van der Waals surface area contributed by atoms with E-state index in [2.05, 4.69) is 43.2 Å². The highest BCUT2D eigenvalue weighted by molar-refractivity contribution is 6.02. The van der Waals surface area contributed by atoms with Crippen molar-refractivity contribution in [1.82, 2.24) is 4.90 Å². The van der Waals surface area contributed by atoms with Crippen molar-refractivity contribution < 1.29 is 29.0 Å². The van der Waals surface area contributed by atoms with Gasteiger partial charge in [0.1, 0.15) is 0 Å². The van der Waals surface area contributed by atoms with E-state index in [9.17, 15) is 14.4 Å². The van der Waals surface area contributed by atoms with Crippen LogP contribution in [0.25, 0.3) is 0 Å². The summed E-state index contributed by atoms with van der Waals surface area (Å²) in [5.74, 6) is 0.328. The summed E-state index contributed by atoms with van der Waals surface area (Å²) >= 11 is 0. The standard InChI is InChI=1S/C31H46N4O6/c1-22(2)19-35(20-23(3)4)28-14-10-25(11-15-29(37)40-21-41-31(39)34(6)16-7-17-36)18-27(28)33-30(38)32-26-12-8-24(5)9-13-26/h8-10,12-14,18,22-23,36H,7,11,15-17,19-21H2,1-6H3,(H2,32,33,38). The van der Waals surface area contributed by atoms with Gasteiger partial charge in [-0.05, 0) is 61.4 Å². The molecule has 226 valence electrons. The average Bonchev–Trinajstić information content (AvgIpc) is 2.91. The van der Waals surface area contributed by atoms with Crippen LogP contribution in [0.1, 0.15) is 51.7 Å². The maximum atomic E-state index is 13.0. The van der Waals surface area contributed by atoms with Crippen molar-refractivity contribution >= 4 is 35.2 Å². The molecule has 0 spiro atoms. The molecule has 0 fully saturated rings. The van der Waals surface area contributed by atoms with Crippen LogP contribution in [0.5, 0.6) is 0 Å². The number of carbonyl (C=O) groups is 3. The van der Waals surface area contributed by atoms with E-state index in [1.807, 2.05) is 49.4 Å². The number of hydrogen-bond donors (Lipinski definition) is 3. The first kappa shape index (κ1) is 33.4. The number of rotatable bonds is 15. The molecule has 2 aromatic carbocycles. The molecule has 2 aromatic rings. The van der Waals surface area contributed by atoms with E-state index in [1.165, 1.54) is 4.90 Å². The first-order valence-electron chi connectivity index (χ1n) is 14.1. The van der Waals surface area contributed by atoms with E-state index in [-0.39, 0.29) is 19.1 Å². The molecule has 0 unspecified atom stereocenters. The highest BCUT2D eigenvalue weighted by Gasteiger charge is 2.18. The van der Waals surface area contributed by atoms with Crippen molar-refractivity contribution in [2.24, 2.45) is 11.8 Å². The fourth-order valence-electron chi connectivity index (χ4n) is 4.16. The van der Waals surface area contributed by atoms with Crippen LogP contribution >= 0.6 is 0 Å². The predicted octanol–water partition coefficient (Wildman–Crippen LogP) is 5.64. The molecular formula is C31H46N4O6. The molecular weight excluding hydrogens is 524 g/mol. The Morgan fingerprint density at radius 1 is 0.927 bits per heavy atom. The van der Waals surface area contributed by atoms with Gasteiger partial charge in [0, 0.05) is 45.4 Å². The number of nitrogens with zero attached hydrogens (tertiary/aromatic N) is 2. The minimum Gasteiger partial charge on any atom is -0.428 e. The van der Waals surface area contributed by atoms with Gasteiger partial charge >= 0.3 is 18.1 Å². The summed E-state index contributed by atoms with van der Waals surface area (Å²) < 4.78 is 10.0. The number of anilines is 3. The zero-order valence-electron chi connectivity index (χ0n) is 25.2. The first-order chi connectivity index (χ1) is 19.5. The number of hydrogen-bond acceptors (Lipinski definition) is 7. The zero-order chi connectivity index (χ0) is 30.4. The molecule has 0 radical (unpaired) electrons. The number of amides is 3. The average molecular weight is 571 g/mol. The van der Waals surface area contributed by atoms with Gasteiger partial charge in [0.2, 0.25) is 6.79 Å². The molecule has 41 heavy (non-hydrogen) atoms. The Balaban J connectivity index is 2.10. The molecule has 0 atom stereocenters. The lowest BCUT2D eigenvalue weighted by Gasteiger charge is -2.30. The minimum absolute atomic E-state index is 0.0320. The lowest BCUT2D eigenvalue weighted by atomic mass is 10.1. The Morgan fingerprint density at radius 2 is 1.59 bits per heavy atom. The second kappa shape index (κ2) is 17.1. The van der Waals surface area contributed by atoms with E-state index in [0.717, 1.165) is 29.9 Å². The predicted molar refractivity (Wildman–Crippen MR) is 162 cm³/mol. The van der Waals surface area contributed by atoms with Crippen molar-refractivity contribution in [3.05, 3.63) is 53.6 Å². The molecule has 0 aliphatic heterocycles. The number of nitrogens with one attached hydrogen (secondary N) is 2. The quantitative estimate of drug-likeness (QED) is 0.187. The molecule has 0 aliphatic carbocycles. The van der Waals surface area contributed by atoms with Crippen LogP contribution in [0.3, 0.4) is 0 Å². The molecule has 3 amide bonds. The van der Waals surface area contributed by atoms with E-state index >= 15 is 0 Å². The van der Waals surface area contributed by atoms with Crippen LogP contribution in [-0.4, -0.2) is 68.2 Å². The Morgan fingerprint density at radius 3 is 2.20 bits per heavy atom. The summed E-state index contributed by atoms with van der Waals surface area (Å²) in [6.07, 6.45) is 0.260. The molecule has 0 heterocycles. The molecule has 2 rings (SSSR count). The van der Waals surface area contributed by atoms with Gasteiger partial charge in [0.05, 0.1) is 11.4 Å². The highest BCUT2D eigenvalue weighted by Crippen LogP contribution is 2.30. The van der Waals surface area contributed by atoms with Gasteiger partial charge in [-0.2, -0.15) is 0 Å². The third-order valence-corrected chi connectivity index (χ3v) is 6.11. The molecule has 0 aromatic heterocycles. The third-order valence-electron chi connectivity index (χ3n) is 6.11. The number of aliphatic hydroxyl groups excluding tert-OH is 1. The SMILES string of the molecule is Cc1ccc(NC(=O)Nc2cc(CCC(=O)OCOC(=O)N(C)CCCO)ccc2N(CC(C)C)CC(C)C)cc1. The minimum atomic E-state index is -0.631. The van der Waals surface area contributed by atoms with Crippen molar-refractivity contribution in [2.75, 3.05) is 55.6 Å². The smallest absolute Gasteiger partial charge is 0.412 e. The second-order valence-corrected chi connectivity index (χ2v) is 11.0. The lowest BCUT2D eigenvalue weighted by molar-refractivity contribution is -0.152. The van der Waals surface area contributed by atoms with Crippen LogP contribution in [0.4, 0.5) is 26.7 Å². The number of esters is 1. The summed E-state index contributed by atoms with van der Waals surface area (Å²) in [6.45, 7) is 12.1. The number of aryl methyl sites for hydroxylation is 2. The van der Waals surface area contributed by atoms with Gasteiger partial charge in [-0.15, -0.1) is 0 Å². The number of ether oxygens (including phenoxy) is 2. The fourth-order valence-corrected chi connectivity index (χ4v) is 4.16. The highest BCUT2D eigenvalue weighted by atomic mass is 16.7. The van der Waals surface area contributed by atoms with Gasteiger partial charge < -0.3 is 35.0 Å². The topological polar surface area (TPSA) is 120 Å². The van der Waals surface area contributed by atoms with Gasteiger partial charge in [0.15, 0.2) is 0 Å². The largest absolute Gasteiger partial charge is 0.428 e. The number of carbonyl (C=O) groups excluding carboxylic acids is 3. The maximum Gasteiger partial charge on any atom is 0.412 e. The number of benzene rings is 2. The van der Waals surface area contributed by atoms with Crippen LogP contribution in [0.2, 0.25) is 0 Å². The Labute approximate surface area is 244 Å². The van der Waals surface area contributed by atoms with Gasteiger partial charge in [-0.1, -0.05) is 51.5 Å². The molecule has 10 nitrogen and oxygen atoms in total. The normalized spacial score (nSPS) is 10.9.